The van der Waals surface area contributed by atoms with Crippen molar-refractivity contribution in [1.82, 2.24) is 0 Å². The number of benzene rings is 2. The molecule has 2 aromatic rings. The fraction of sp³-hybridized carbons (Fsp3) is 0.364. The summed E-state index contributed by atoms with van der Waals surface area (Å²) in [5.74, 6) is 0.705. The van der Waals surface area contributed by atoms with Crippen LogP contribution < -0.4 is 15.5 Å². The van der Waals surface area contributed by atoms with E-state index in [1.807, 2.05) is 12.1 Å². The number of amides is 1. The Morgan fingerprint density at radius 2 is 1.56 bits per heavy atom. The summed E-state index contributed by atoms with van der Waals surface area (Å²) >= 11 is 0. The van der Waals surface area contributed by atoms with Crippen molar-refractivity contribution in [2.45, 2.75) is 26.7 Å². The highest BCUT2D eigenvalue weighted by molar-refractivity contribution is 5.96. The highest BCUT2D eigenvalue weighted by Crippen LogP contribution is 2.24. The van der Waals surface area contributed by atoms with E-state index in [1.165, 1.54) is 25.5 Å². The molecule has 1 amide bonds. The second-order valence-corrected chi connectivity index (χ2v) is 7.25. The van der Waals surface area contributed by atoms with Crippen molar-refractivity contribution in [3.63, 3.8) is 0 Å². The molecule has 0 bridgehead atoms. The van der Waals surface area contributed by atoms with Crippen LogP contribution in [0.25, 0.3) is 0 Å². The average molecular weight is 365 g/mol. The van der Waals surface area contributed by atoms with Gasteiger partial charge in [0.05, 0.1) is 6.54 Å². The van der Waals surface area contributed by atoms with Crippen LogP contribution in [-0.2, 0) is 4.79 Å². The van der Waals surface area contributed by atoms with Crippen molar-refractivity contribution < 1.29 is 9.59 Å². The van der Waals surface area contributed by atoms with Crippen LogP contribution in [0.15, 0.2) is 48.5 Å². The molecule has 0 atom stereocenters. The Labute approximate surface area is 160 Å². The maximum atomic E-state index is 12.1. The van der Waals surface area contributed by atoms with E-state index >= 15 is 0 Å². The molecule has 1 fully saturated rings. The number of nitrogens with one attached hydrogen (secondary N) is 2. The highest BCUT2D eigenvalue weighted by atomic mass is 16.2. The second-order valence-electron chi connectivity index (χ2n) is 7.25. The van der Waals surface area contributed by atoms with Crippen LogP contribution in [0.5, 0.6) is 0 Å². The zero-order chi connectivity index (χ0) is 19.2. The summed E-state index contributed by atoms with van der Waals surface area (Å²) in [7, 11) is 0. The summed E-state index contributed by atoms with van der Waals surface area (Å²) in [5, 5.41) is 5.97. The van der Waals surface area contributed by atoms with Crippen LogP contribution in [0.3, 0.4) is 0 Å². The molecule has 1 heterocycles. The molecule has 1 aliphatic heterocycles. The van der Waals surface area contributed by atoms with Crippen LogP contribution in [0.4, 0.5) is 17.1 Å². The van der Waals surface area contributed by atoms with E-state index in [0.29, 0.717) is 11.3 Å². The first-order valence-electron chi connectivity index (χ1n) is 9.51. The van der Waals surface area contributed by atoms with E-state index in [0.717, 1.165) is 24.7 Å². The van der Waals surface area contributed by atoms with Gasteiger partial charge in [-0.3, -0.25) is 9.59 Å². The molecule has 142 valence electrons. The Balaban J connectivity index is 1.47. The summed E-state index contributed by atoms with van der Waals surface area (Å²) < 4.78 is 0. The number of hydrogen-bond acceptors (Lipinski definition) is 4. The molecule has 0 saturated carbocycles. The van der Waals surface area contributed by atoms with Gasteiger partial charge in [0.1, 0.15) is 0 Å². The van der Waals surface area contributed by atoms with Gasteiger partial charge in [0, 0.05) is 35.7 Å². The van der Waals surface area contributed by atoms with Gasteiger partial charge < -0.3 is 15.5 Å². The number of rotatable bonds is 6. The molecule has 2 N–H and O–H groups in total. The Bertz CT molecular complexity index is 776. The third-order valence-electron chi connectivity index (χ3n) is 5.04. The van der Waals surface area contributed by atoms with Crippen molar-refractivity contribution in [1.29, 1.82) is 0 Å². The van der Waals surface area contributed by atoms with E-state index in [-0.39, 0.29) is 18.2 Å². The van der Waals surface area contributed by atoms with E-state index in [1.54, 1.807) is 24.3 Å². The Kier molecular flexibility index (Phi) is 6.12. The van der Waals surface area contributed by atoms with E-state index in [4.69, 9.17) is 0 Å². The summed E-state index contributed by atoms with van der Waals surface area (Å²) in [6, 6.07) is 15.2. The maximum Gasteiger partial charge on any atom is 0.243 e. The average Bonchev–Trinajstić information content (AvgIpc) is 2.68. The van der Waals surface area contributed by atoms with Crippen molar-refractivity contribution in [2.24, 2.45) is 5.92 Å². The molecule has 5 heteroatoms. The molecule has 0 aromatic heterocycles. The first kappa shape index (κ1) is 19.0. The minimum Gasteiger partial charge on any atom is -0.376 e. The van der Waals surface area contributed by atoms with Gasteiger partial charge in [0.15, 0.2) is 5.78 Å². The van der Waals surface area contributed by atoms with E-state index in [2.05, 4.69) is 34.6 Å². The minimum absolute atomic E-state index is 0.0112. The van der Waals surface area contributed by atoms with Gasteiger partial charge in [0.2, 0.25) is 5.91 Å². The molecular weight excluding hydrogens is 338 g/mol. The number of anilines is 3. The van der Waals surface area contributed by atoms with Gasteiger partial charge in [-0.2, -0.15) is 0 Å². The lowest BCUT2D eigenvalue weighted by molar-refractivity contribution is -0.114. The second kappa shape index (κ2) is 8.71. The number of nitrogens with zero attached hydrogens (tertiary/aromatic N) is 1. The van der Waals surface area contributed by atoms with Crippen molar-refractivity contribution >= 4 is 28.8 Å². The number of carbonyl (C=O) groups is 2. The standard InChI is InChI=1S/C22H27N3O2/c1-16-11-13-25(14-12-16)21-9-7-19(8-10-21)23-15-22(27)24-20-5-3-18(4-6-20)17(2)26/h3-10,16,23H,11-15H2,1-2H3,(H,24,27). The van der Waals surface area contributed by atoms with Gasteiger partial charge in [-0.15, -0.1) is 0 Å². The van der Waals surface area contributed by atoms with Crippen LogP contribution in [0, 0.1) is 5.92 Å². The topological polar surface area (TPSA) is 61.4 Å². The molecule has 1 saturated heterocycles. The van der Waals surface area contributed by atoms with Crippen molar-refractivity contribution in [2.75, 3.05) is 35.2 Å². The fourth-order valence-corrected chi connectivity index (χ4v) is 3.23. The quantitative estimate of drug-likeness (QED) is 0.754. The van der Waals surface area contributed by atoms with Crippen molar-refractivity contribution in [3.05, 3.63) is 54.1 Å². The van der Waals surface area contributed by atoms with Crippen LogP contribution >= 0.6 is 0 Å². The Hall–Kier alpha value is -2.82. The maximum absolute atomic E-state index is 12.1. The highest BCUT2D eigenvalue weighted by Gasteiger charge is 2.15. The number of Topliss-reactive ketones (excluding diaryl/α,β-unsaturated/α-hetero) is 1. The third kappa shape index (κ3) is 5.33. The van der Waals surface area contributed by atoms with E-state index < -0.39 is 0 Å². The molecule has 0 unspecified atom stereocenters. The predicted molar refractivity (Wildman–Crippen MR) is 111 cm³/mol. The van der Waals surface area contributed by atoms with Gasteiger partial charge in [-0.05, 0) is 74.2 Å². The Morgan fingerprint density at radius 3 is 2.15 bits per heavy atom. The van der Waals surface area contributed by atoms with Crippen LogP contribution in [-0.4, -0.2) is 31.3 Å². The molecule has 3 rings (SSSR count). The SMILES string of the molecule is CC(=O)c1ccc(NC(=O)CNc2ccc(N3CCC(C)CC3)cc2)cc1. The zero-order valence-corrected chi connectivity index (χ0v) is 16.0. The molecule has 27 heavy (non-hydrogen) atoms. The molecule has 0 aliphatic carbocycles. The third-order valence-corrected chi connectivity index (χ3v) is 5.04. The van der Waals surface area contributed by atoms with E-state index in [9.17, 15) is 9.59 Å². The van der Waals surface area contributed by atoms with Gasteiger partial charge >= 0.3 is 0 Å². The minimum atomic E-state index is -0.125. The first-order chi connectivity index (χ1) is 13.0. The number of carbonyl (C=O) groups excluding carboxylic acids is 2. The summed E-state index contributed by atoms with van der Waals surface area (Å²) in [6.45, 7) is 6.24. The monoisotopic (exact) mass is 365 g/mol. The lowest BCUT2D eigenvalue weighted by atomic mass is 9.99. The van der Waals surface area contributed by atoms with Crippen LogP contribution in [0.2, 0.25) is 0 Å². The molecule has 2 aromatic carbocycles. The lowest BCUT2D eigenvalue weighted by Crippen LogP contribution is -2.32. The Morgan fingerprint density at radius 1 is 0.963 bits per heavy atom. The van der Waals surface area contributed by atoms with Crippen molar-refractivity contribution in [3.8, 4) is 0 Å². The zero-order valence-electron chi connectivity index (χ0n) is 16.0. The molecule has 5 nitrogen and oxygen atoms in total. The molecular formula is C22H27N3O2. The van der Waals surface area contributed by atoms with Gasteiger partial charge in [-0.25, -0.2) is 0 Å². The summed E-state index contributed by atoms with van der Waals surface area (Å²) in [6.07, 6.45) is 2.49. The molecule has 0 spiro atoms. The normalized spacial score (nSPS) is 14.7. The molecule has 0 radical (unpaired) electrons. The number of piperidine rings is 1. The van der Waals surface area contributed by atoms with Crippen LogP contribution in [0.1, 0.15) is 37.0 Å². The lowest BCUT2D eigenvalue weighted by Gasteiger charge is -2.32. The summed E-state index contributed by atoms with van der Waals surface area (Å²) in [5.41, 5.74) is 3.48. The number of hydrogen-bond donors (Lipinski definition) is 2. The number of ketones is 1. The summed E-state index contributed by atoms with van der Waals surface area (Å²) in [4.78, 5) is 25.8. The predicted octanol–water partition coefficient (Wildman–Crippen LogP) is 4.18. The molecule has 1 aliphatic rings. The van der Waals surface area contributed by atoms with Gasteiger partial charge in [-0.1, -0.05) is 6.92 Å². The smallest absolute Gasteiger partial charge is 0.243 e. The largest absolute Gasteiger partial charge is 0.376 e. The van der Waals surface area contributed by atoms with Gasteiger partial charge in [0.25, 0.3) is 0 Å². The first-order valence-corrected chi connectivity index (χ1v) is 9.51. The fourth-order valence-electron chi connectivity index (χ4n) is 3.23.